The predicted octanol–water partition coefficient (Wildman–Crippen LogP) is 4.05. The first kappa shape index (κ1) is 14.1. The van der Waals surface area contributed by atoms with Crippen molar-refractivity contribution in [3.05, 3.63) is 51.2 Å². The van der Waals surface area contributed by atoms with E-state index in [1.807, 2.05) is 0 Å². The van der Waals surface area contributed by atoms with E-state index in [-0.39, 0.29) is 16.4 Å². The lowest BCUT2D eigenvalue weighted by Crippen LogP contribution is -2.08. The minimum absolute atomic E-state index is 0.0621. The van der Waals surface area contributed by atoms with Gasteiger partial charge in [-0.2, -0.15) is 5.10 Å². The average Bonchev–Trinajstić information content (AvgIpc) is 2.79. The van der Waals surface area contributed by atoms with Crippen LogP contribution in [0.15, 0.2) is 30.5 Å². The summed E-state index contributed by atoms with van der Waals surface area (Å²) in [5.74, 6) is -1.14. The summed E-state index contributed by atoms with van der Waals surface area (Å²) in [6.45, 7) is 0. The zero-order valence-electron chi connectivity index (χ0n) is 10.2. The van der Waals surface area contributed by atoms with Crippen LogP contribution in [-0.2, 0) is 0 Å². The smallest absolute Gasteiger partial charge is 0.354 e. The van der Waals surface area contributed by atoms with Gasteiger partial charge in [-0.15, -0.1) is 0 Å². The lowest BCUT2D eigenvalue weighted by atomic mass is 10.1. The average molecular weight is 343 g/mol. The van der Waals surface area contributed by atoms with Crippen molar-refractivity contribution in [1.29, 1.82) is 0 Å². The Morgan fingerprint density at radius 3 is 2.57 bits per heavy atom. The van der Waals surface area contributed by atoms with Gasteiger partial charge in [0.15, 0.2) is 11.3 Å². The van der Waals surface area contributed by atoms with E-state index in [4.69, 9.17) is 34.8 Å². The van der Waals surface area contributed by atoms with E-state index in [0.29, 0.717) is 21.3 Å². The molecule has 1 N–H and O–H groups in total. The summed E-state index contributed by atoms with van der Waals surface area (Å²) in [5, 5.41) is 14.3. The van der Waals surface area contributed by atoms with Crippen LogP contribution in [0.4, 0.5) is 0 Å². The second-order valence-electron chi connectivity index (χ2n) is 4.18. The quantitative estimate of drug-likeness (QED) is 0.763. The third-order valence-corrected chi connectivity index (χ3v) is 3.67. The number of fused-ring (bicyclic) bond motifs is 1. The van der Waals surface area contributed by atoms with Crippen LogP contribution in [-0.4, -0.2) is 25.7 Å². The molecule has 0 aliphatic carbocycles. The summed E-state index contributed by atoms with van der Waals surface area (Å²) in [4.78, 5) is 15.7. The molecule has 0 atom stereocenters. The minimum Gasteiger partial charge on any atom is -0.477 e. The summed E-state index contributed by atoms with van der Waals surface area (Å²) in [6, 6.07) is 6.25. The number of carbonyl (C=O) groups is 1. The van der Waals surface area contributed by atoms with Crippen molar-refractivity contribution in [2.45, 2.75) is 0 Å². The highest BCUT2D eigenvalue weighted by molar-refractivity contribution is 6.36. The summed E-state index contributed by atoms with van der Waals surface area (Å²) < 4.78 is 1.16. The van der Waals surface area contributed by atoms with E-state index < -0.39 is 5.97 Å². The highest BCUT2D eigenvalue weighted by Gasteiger charge is 2.17. The molecule has 0 radical (unpaired) electrons. The minimum atomic E-state index is -1.14. The van der Waals surface area contributed by atoms with Crippen LogP contribution in [0, 0.1) is 0 Å². The highest BCUT2D eigenvalue weighted by atomic mass is 35.5. The summed E-state index contributed by atoms with van der Waals surface area (Å²) >= 11 is 18.0. The number of carboxylic acid groups (broad SMARTS) is 1. The van der Waals surface area contributed by atoms with Crippen LogP contribution in [0.1, 0.15) is 10.5 Å². The largest absolute Gasteiger partial charge is 0.477 e. The van der Waals surface area contributed by atoms with Crippen LogP contribution in [0.25, 0.3) is 16.9 Å². The van der Waals surface area contributed by atoms with Gasteiger partial charge in [0.1, 0.15) is 5.02 Å². The number of aromatic carboxylic acids is 1. The number of rotatable bonds is 2. The zero-order valence-corrected chi connectivity index (χ0v) is 12.5. The molecule has 1 aromatic carbocycles. The Balaban J connectivity index is 2.32. The fraction of sp³-hybridized carbons (Fsp3) is 0. The molecule has 0 fully saturated rings. The van der Waals surface area contributed by atoms with Gasteiger partial charge in [-0.1, -0.05) is 34.8 Å². The maximum atomic E-state index is 11.4. The molecule has 2 aromatic heterocycles. The van der Waals surface area contributed by atoms with Gasteiger partial charge in [-0.05, 0) is 24.3 Å². The van der Waals surface area contributed by atoms with Crippen LogP contribution >= 0.6 is 34.8 Å². The number of aromatic nitrogens is 3. The van der Waals surface area contributed by atoms with Gasteiger partial charge in [0.2, 0.25) is 0 Å². The number of carboxylic acids is 1. The lowest BCUT2D eigenvalue weighted by molar-refractivity contribution is 0.0687. The van der Waals surface area contributed by atoms with Crippen LogP contribution < -0.4 is 0 Å². The maximum Gasteiger partial charge on any atom is 0.354 e. The normalized spacial score (nSPS) is 11.0. The standard InChI is InChI=1S/C13H6Cl3N3O2/c14-6-1-2-7(8(15)3-6)10-4-11(13(20)21)19-12(18-10)9(16)5-17-19/h1-5H,(H,20,21). The number of halogens is 3. The number of nitrogens with zero attached hydrogens (tertiary/aromatic N) is 3. The van der Waals surface area contributed by atoms with Gasteiger partial charge in [0, 0.05) is 10.6 Å². The number of benzene rings is 1. The molecule has 3 rings (SSSR count). The van der Waals surface area contributed by atoms with E-state index in [9.17, 15) is 9.90 Å². The molecule has 0 aliphatic heterocycles. The highest BCUT2D eigenvalue weighted by Crippen LogP contribution is 2.31. The molecule has 106 valence electrons. The summed E-state index contributed by atoms with van der Waals surface area (Å²) in [7, 11) is 0. The van der Waals surface area contributed by atoms with Gasteiger partial charge in [-0.3, -0.25) is 0 Å². The molecule has 0 aliphatic rings. The molecule has 0 spiro atoms. The summed E-state index contributed by atoms with van der Waals surface area (Å²) in [5.41, 5.74) is 1.12. The SMILES string of the molecule is O=C(O)c1cc(-c2ccc(Cl)cc2Cl)nc2c(Cl)cnn12. The first-order valence-corrected chi connectivity index (χ1v) is 6.84. The molecule has 21 heavy (non-hydrogen) atoms. The Kier molecular flexibility index (Phi) is 3.49. The molecule has 0 amide bonds. The molecule has 0 unspecified atom stereocenters. The third-order valence-electron chi connectivity index (χ3n) is 2.85. The first-order valence-electron chi connectivity index (χ1n) is 5.70. The lowest BCUT2D eigenvalue weighted by Gasteiger charge is -2.07. The molecular weight excluding hydrogens is 337 g/mol. The van der Waals surface area contributed by atoms with Crippen LogP contribution in [0.3, 0.4) is 0 Å². The molecule has 3 aromatic rings. The van der Waals surface area contributed by atoms with Crippen LogP contribution in [0.5, 0.6) is 0 Å². The number of hydrogen-bond acceptors (Lipinski definition) is 3. The Morgan fingerprint density at radius 2 is 1.90 bits per heavy atom. The van der Waals surface area contributed by atoms with Crippen molar-refractivity contribution in [2.24, 2.45) is 0 Å². The first-order chi connectivity index (χ1) is 9.97. The Morgan fingerprint density at radius 1 is 1.14 bits per heavy atom. The van der Waals surface area contributed by atoms with Gasteiger partial charge in [0.05, 0.1) is 16.9 Å². The maximum absolute atomic E-state index is 11.4. The fourth-order valence-corrected chi connectivity index (χ4v) is 2.59. The molecule has 0 saturated carbocycles. The molecule has 0 saturated heterocycles. The van der Waals surface area contributed by atoms with Crippen molar-refractivity contribution in [2.75, 3.05) is 0 Å². The van der Waals surface area contributed by atoms with Crippen molar-refractivity contribution < 1.29 is 9.90 Å². The molecule has 2 heterocycles. The second-order valence-corrected chi connectivity index (χ2v) is 5.43. The third kappa shape index (κ3) is 2.44. The topological polar surface area (TPSA) is 67.5 Å². The Labute approximate surface area is 133 Å². The van der Waals surface area contributed by atoms with Crippen molar-refractivity contribution in [1.82, 2.24) is 14.6 Å². The molecular formula is C13H6Cl3N3O2. The Hall–Kier alpha value is -1.82. The molecule has 5 nitrogen and oxygen atoms in total. The second kappa shape index (κ2) is 5.18. The Bertz CT molecular complexity index is 876. The monoisotopic (exact) mass is 341 g/mol. The van der Waals surface area contributed by atoms with Gasteiger partial charge >= 0.3 is 5.97 Å². The van der Waals surface area contributed by atoms with Crippen molar-refractivity contribution in [3.63, 3.8) is 0 Å². The van der Waals surface area contributed by atoms with E-state index in [0.717, 1.165) is 4.52 Å². The van der Waals surface area contributed by atoms with E-state index in [1.54, 1.807) is 18.2 Å². The predicted molar refractivity (Wildman–Crippen MR) is 80.4 cm³/mol. The van der Waals surface area contributed by atoms with E-state index >= 15 is 0 Å². The molecule has 8 heteroatoms. The van der Waals surface area contributed by atoms with Gasteiger partial charge in [0.25, 0.3) is 0 Å². The zero-order chi connectivity index (χ0) is 15.1. The van der Waals surface area contributed by atoms with E-state index in [1.165, 1.54) is 12.3 Å². The fourth-order valence-electron chi connectivity index (χ4n) is 1.92. The van der Waals surface area contributed by atoms with Crippen molar-refractivity contribution in [3.8, 4) is 11.3 Å². The van der Waals surface area contributed by atoms with Gasteiger partial charge in [-0.25, -0.2) is 14.3 Å². The molecule has 0 bridgehead atoms. The van der Waals surface area contributed by atoms with E-state index in [2.05, 4.69) is 10.1 Å². The van der Waals surface area contributed by atoms with Gasteiger partial charge < -0.3 is 5.11 Å². The van der Waals surface area contributed by atoms with Crippen molar-refractivity contribution >= 4 is 46.4 Å². The van der Waals surface area contributed by atoms with Crippen LogP contribution in [0.2, 0.25) is 15.1 Å². The number of hydrogen-bond donors (Lipinski definition) is 1. The summed E-state index contributed by atoms with van der Waals surface area (Å²) in [6.07, 6.45) is 1.34.